The van der Waals surface area contributed by atoms with Gasteiger partial charge in [-0.15, -0.1) is 0 Å². The van der Waals surface area contributed by atoms with E-state index in [0.717, 1.165) is 25.7 Å². The van der Waals surface area contributed by atoms with Crippen LogP contribution in [-0.4, -0.2) is 22.2 Å². The van der Waals surface area contributed by atoms with Gasteiger partial charge >= 0.3 is 7.82 Å². The van der Waals surface area contributed by atoms with E-state index >= 15 is 0 Å². The van der Waals surface area contributed by atoms with Gasteiger partial charge in [0.2, 0.25) is 0 Å². The van der Waals surface area contributed by atoms with Crippen molar-refractivity contribution >= 4 is 13.6 Å². The lowest BCUT2D eigenvalue weighted by Gasteiger charge is -2.31. The predicted octanol–water partition coefficient (Wildman–Crippen LogP) is 3.22. The maximum Gasteiger partial charge on any atom is 0.469 e. The lowest BCUT2D eigenvalue weighted by Crippen LogP contribution is -2.35. The van der Waals surface area contributed by atoms with E-state index in [1.807, 2.05) is 13.8 Å². The van der Waals surface area contributed by atoms with E-state index in [2.05, 4.69) is 11.1 Å². The first-order chi connectivity index (χ1) is 8.81. The largest absolute Gasteiger partial charge is 0.469 e. The van der Waals surface area contributed by atoms with Gasteiger partial charge in [-0.25, -0.2) is 4.57 Å². The van der Waals surface area contributed by atoms with Crippen LogP contribution in [0.2, 0.25) is 0 Å². The molecule has 0 aliphatic carbocycles. The van der Waals surface area contributed by atoms with Crippen LogP contribution >= 0.6 is 7.82 Å². The Labute approximate surface area is 115 Å². The van der Waals surface area contributed by atoms with Gasteiger partial charge in [0, 0.05) is 0 Å². The molecule has 112 valence electrons. The van der Waals surface area contributed by atoms with Crippen LogP contribution in [0, 0.1) is 5.41 Å². The molecule has 0 radical (unpaired) electrons. The SMILES string of the molecule is C=CC(=O)C(CCCC)(CCCC)COP(=O)(O)O. The maximum atomic E-state index is 12.1. The predicted molar refractivity (Wildman–Crippen MR) is 74.7 cm³/mol. The Kier molecular flexibility index (Phi) is 8.42. The third-order valence-electron chi connectivity index (χ3n) is 3.23. The van der Waals surface area contributed by atoms with Crippen LogP contribution in [0.5, 0.6) is 0 Å². The van der Waals surface area contributed by atoms with Crippen molar-refractivity contribution in [1.82, 2.24) is 0 Å². The van der Waals surface area contributed by atoms with E-state index in [1.54, 1.807) is 0 Å². The van der Waals surface area contributed by atoms with E-state index in [9.17, 15) is 9.36 Å². The van der Waals surface area contributed by atoms with Gasteiger partial charge in [-0.3, -0.25) is 9.32 Å². The van der Waals surface area contributed by atoms with E-state index < -0.39 is 13.2 Å². The second-order valence-electron chi connectivity index (χ2n) is 4.82. The zero-order valence-electron chi connectivity index (χ0n) is 11.8. The lowest BCUT2D eigenvalue weighted by atomic mass is 9.75. The molecule has 6 heteroatoms. The standard InChI is InChI=1S/C13H25O5P/c1-4-7-9-13(10-8-5-2,12(14)6-3)11-18-19(15,16)17/h6H,3-5,7-11H2,1-2H3,(H2,15,16,17). The zero-order valence-corrected chi connectivity index (χ0v) is 12.7. The Morgan fingerprint density at radius 2 is 1.74 bits per heavy atom. The van der Waals surface area contributed by atoms with Gasteiger partial charge in [0.1, 0.15) is 0 Å². The van der Waals surface area contributed by atoms with Gasteiger partial charge in [-0.05, 0) is 18.9 Å². The molecule has 0 aromatic rings. The van der Waals surface area contributed by atoms with Crippen LogP contribution in [0.15, 0.2) is 12.7 Å². The first kappa shape index (κ1) is 18.5. The number of carbonyl (C=O) groups excluding carboxylic acids is 1. The number of allylic oxidation sites excluding steroid dienone is 1. The fourth-order valence-corrected chi connectivity index (χ4v) is 2.46. The van der Waals surface area contributed by atoms with Crippen LogP contribution in [0.3, 0.4) is 0 Å². The lowest BCUT2D eigenvalue weighted by molar-refractivity contribution is -0.127. The van der Waals surface area contributed by atoms with Crippen molar-refractivity contribution in [2.45, 2.75) is 52.4 Å². The van der Waals surface area contributed by atoms with Gasteiger partial charge in [-0.1, -0.05) is 46.1 Å². The van der Waals surface area contributed by atoms with E-state index in [1.165, 1.54) is 6.08 Å². The Morgan fingerprint density at radius 3 is 2.05 bits per heavy atom. The summed E-state index contributed by atoms with van der Waals surface area (Å²) in [6.45, 7) is 7.25. The van der Waals surface area contributed by atoms with Crippen molar-refractivity contribution < 1.29 is 23.7 Å². The zero-order chi connectivity index (χ0) is 14.9. The molecule has 0 saturated carbocycles. The first-order valence-corrected chi connectivity index (χ1v) is 8.21. The van der Waals surface area contributed by atoms with Crippen molar-refractivity contribution in [3.63, 3.8) is 0 Å². The fraction of sp³-hybridized carbons (Fsp3) is 0.769. The number of carbonyl (C=O) groups is 1. The Hall–Kier alpha value is -0.480. The summed E-state index contributed by atoms with van der Waals surface area (Å²) in [5, 5.41) is 0. The highest BCUT2D eigenvalue weighted by Crippen LogP contribution is 2.42. The highest BCUT2D eigenvalue weighted by Gasteiger charge is 2.37. The summed E-state index contributed by atoms with van der Waals surface area (Å²) in [5.74, 6) is -0.192. The average Bonchev–Trinajstić information content (AvgIpc) is 2.36. The second-order valence-corrected chi connectivity index (χ2v) is 6.06. The summed E-state index contributed by atoms with van der Waals surface area (Å²) in [6, 6.07) is 0. The van der Waals surface area contributed by atoms with Crippen molar-refractivity contribution in [2.24, 2.45) is 5.41 Å². The molecule has 0 aliphatic rings. The van der Waals surface area contributed by atoms with Crippen molar-refractivity contribution in [2.75, 3.05) is 6.61 Å². The number of hydrogen-bond acceptors (Lipinski definition) is 3. The number of phosphoric acid groups is 1. The minimum absolute atomic E-state index is 0.192. The molecule has 0 amide bonds. The van der Waals surface area contributed by atoms with Crippen LogP contribution < -0.4 is 0 Å². The minimum atomic E-state index is -4.56. The molecule has 5 nitrogen and oxygen atoms in total. The van der Waals surface area contributed by atoms with Gasteiger partial charge < -0.3 is 9.79 Å². The monoisotopic (exact) mass is 292 g/mol. The molecule has 0 aromatic carbocycles. The topological polar surface area (TPSA) is 83.8 Å². The summed E-state index contributed by atoms with van der Waals surface area (Å²) in [7, 11) is -4.56. The van der Waals surface area contributed by atoms with Crippen LogP contribution in [0.1, 0.15) is 52.4 Å². The highest BCUT2D eigenvalue weighted by molar-refractivity contribution is 7.46. The molecule has 0 spiro atoms. The van der Waals surface area contributed by atoms with Crippen molar-refractivity contribution in [1.29, 1.82) is 0 Å². The molecular formula is C13H25O5P. The summed E-state index contributed by atoms with van der Waals surface area (Å²) < 4.78 is 15.5. The smallest absolute Gasteiger partial charge is 0.303 e. The molecule has 0 saturated heterocycles. The fourth-order valence-electron chi connectivity index (χ4n) is 2.04. The summed E-state index contributed by atoms with van der Waals surface area (Å²) in [5.41, 5.74) is -0.852. The van der Waals surface area contributed by atoms with Crippen LogP contribution in [0.25, 0.3) is 0 Å². The van der Waals surface area contributed by atoms with Crippen LogP contribution in [0.4, 0.5) is 0 Å². The molecule has 0 aromatic heterocycles. The van der Waals surface area contributed by atoms with E-state index in [-0.39, 0.29) is 12.4 Å². The van der Waals surface area contributed by atoms with Gasteiger partial charge in [-0.2, -0.15) is 0 Å². The molecule has 2 N–H and O–H groups in total. The third kappa shape index (κ3) is 7.02. The first-order valence-electron chi connectivity index (χ1n) is 6.68. The maximum absolute atomic E-state index is 12.1. The summed E-state index contributed by atoms with van der Waals surface area (Å²) in [4.78, 5) is 29.8. The highest BCUT2D eigenvalue weighted by atomic mass is 31.2. The van der Waals surface area contributed by atoms with Gasteiger partial charge in [0.15, 0.2) is 5.78 Å². The molecule has 0 aliphatic heterocycles. The molecular weight excluding hydrogens is 267 g/mol. The van der Waals surface area contributed by atoms with E-state index in [4.69, 9.17) is 9.79 Å². The molecule has 0 heterocycles. The quantitative estimate of drug-likeness (QED) is 0.451. The summed E-state index contributed by atoms with van der Waals surface area (Å²) >= 11 is 0. The number of hydrogen-bond donors (Lipinski definition) is 2. The van der Waals surface area contributed by atoms with Gasteiger partial charge in [0.25, 0.3) is 0 Å². The van der Waals surface area contributed by atoms with Crippen molar-refractivity contribution in [3.05, 3.63) is 12.7 Å². The Balaban J connectivity index is 5.03. The average molecular weight is 292 g/mol. The molecule has 0 rings (SSSR count). The third-order valence-corrected chi connectivity index (χ3v) is 3.70. The number of ketones is 1. The molecule has 0 fully saturated rings. The molecule has 0 unspecified atom stereocenters. The summed E-state index contributed by atoms with van der Waals surface area (Å²) in [6.07, 6.45) is 5.81. The van der Waals surface area contributed by atoms with Gasteiger partial charge in [0.05, 0.1) is 12.0 Å². The van der Waals surface area contributed by atoms with Crippen molar-refractivity contribution in [3.8, 4) is 0 Å². The second kappa shape index (κ2) is 8.64. The number of unbranched alkanes of at least 4 members (excludes halogenated alkanes) is 2. The number of rotatable bonds is 11. The van der Waals surface area contributed by atoms with Crippen LogP contribution in [-0.2, 0) is 13.9 Å². The molecule has 0 bridgehead atoms. The van der Waals surface area contributed by atoms with E-state index in [0.29, 0.717) is 12.8 Å². The Bertz CT molecular complexity index is 326. The Morgan fingerprint density at radius 1 is 1.26 bits per heavy atom. The number of phosphoric ester groups is 1. The minimum Gasteiger partial charge on any atom is -0.303 e. The molecule has 19 heavy (non-hydrogen) atoms. The normalized spacial score (nSPS) is 12.4. The molecule has 0 atom stereocenters.